The van der Waals surface area contributed by atoms with Gasteiger partial charge in [0.15, 0.2) is 5.78 Å². The SMILES string of the molecule is O=C(CCl)CC(=O)Nc1ccc(F)cc1. The first-order valence-corrected chi connectivity index (χ1v) is 4.78. The van der Waals surface area contributed by atoms with Gasteiger partial charge in [-0.1, -0.05) is 0 Å². The van der Waals surface area contributed by atoms with Gasteiger partial charge in [-0.15, -0.1) is 11.6 Å². The van der Waals surface area contributed by atoms with Crippen molar-refractivity contribution in [1.29, 1.82) is 0 Å². The topological polar surface area (TPSA) is 46.2 Å². The molecule has 0 radical (unpaired) electrons. The highest BCUT2D eigenvalue weighted by Gasteiger charge is 2.08. The molecule has 0 atom stereocenters. The van der Waals surface area contributed by atoms with Gasteiger partial charge >= 0.3 is 0 Å². The molecule has 0 bridgehead atoms. The first-order chi connectivity index (χ1) is 7.11. The molecule has 5 heteroatoms. The molecular formula is C10H9ClFNO2. The van der Waals surface area contributed by atoms with E-state index in [0.717, 1.165) is 0 Å². The van der Waals surface area contributed by atoms with Gasteiger partial charge in [0, 0.05) is 5.69 Å². The van der Waals surface area contributed by atoms with Gasteiger partial charge in [0.25, 0.3) is 0 Å². The molecule has 0 saturated carbocycles. The third kappa shape index (κ3) is 4.08. The maximum atomic E-state index is 12.5. The summed E-state index contributed by atoms with van der Waals surface area (Å²) in [7, 11) is 0. The molecule has 0 aromatic heterocycles. The fourth-order valence-corrected chi connectivity index (χ4v) is 1.06. The van der Waals surface area contributed by atoms with Crippen molar-refractivity contribution in [2.24, 2.45) is 0 Å². The van der Waals surface area contributed by atoms with Crippen LogP contribution >= 0.6 is 11.6 Å². The van der Waals surface area contributed by atoms with Gasteiger partial charge < -0.3 is 5.32 Å². The van der Waals surface area contributed by atoms with E-state index in [1.54, 1.807) is 0 Å². The summed E-state index contributed by atoms with van der Waals surface area (Å²) < 4.78 is 12.5. The zero-order valence-corrected chi connectivity index (χ0v) is 8.55. The number of carbonyl (C=O) groups is 2. The zero-order valence-electron chi connectivity index (χ0n) is 7.80. The summed E-state index contributed by atoms with van der Waals surface area (Å²) in [6.07, 6.45) is -0.263. The smallest absolute Gasteiger partial charge is 0.231 e. The number of amides is 1. The van der Waals surface area contributed by atoms with Crippen LogP contribution in [0.2, 0.25) is 0 Å². The maximum absolute atomic E-state index is 12.5. The van der Waals surface area contributed by atoms with Crippen LogP contribution in [0, 0.1) is 5.82 Å². The summed E-state index contributed by atoms with van der Waals surface area (Å²) in [5, 5.41) is 2.45. The van der Waals surface area contributed by atoms with Crippen LogP contribution in [0.1, 0.15) is 6.42 Å². The maximum Gasteiger partial charge on any atom is 0.231 e. The van der Waals surface area contributed by atoms with Crippen molar-refractivity contribution in [2.45, 2.75) is 6.42 Å². The molecule has 0 aliphatic carbocycles. The van der Waals surface area contributed by atoms with Crippen molar-refractivity contribution in [1.82, 2.24) is 0 Å². The Morgan fingerprint density at radius 2 is 1.87 bits per heavy atom. The highest BCUT2D eigenvalue weighted by Crippen LogP contribution is 2.08. The van der Waals surface area contributed by atoms with E-state index in [-0.39, 0.29) is 23.9 Å². The molecule has 1 N–H and O–H groups in total. The summed E-state index contributed by atoms with van der Waals surface area (Å²) in [6, 6.07) is 5.27. The number of Topliss-reactive ketones (excluding diaryl/α,β-unsaturated/α-hetero) is 1. The molecule has 80 valence electrons. The van der Waals surface area contributed by atoms with Crippen LogP contribution in [0.5, 0.6) is 0 Å². The third-order valence-corrected chi connectivity index (χ3v) is 1.93. The lowest BCUT2D eigenvalue weighted by Crippen LogP contribution is -2.16. The normalized spacial score (nSPS) is 9.73. The second-order valence-corrected chi connectivity index (χ2v) is 3.17. The van der Waals surface area contributed by atoms with Crippen LogP contribution in [-0.2, 0) is 9.59 Å². The lowest BCUT2D eigenvalue weighted by Gasteiger charge is -2.03. The predicted molar refractivity (Wildman–Crippen MR) is 55.4 cm³/mol. The van der Waals surface area contributed by atoms with Gasteiger partial charge in [-0.3, -0.25) is 9.59 Å². The number of hydrogen-bond donors (Lipinski definition) is 1. The van der Waals surface area contributed by atoms with E-state index < -0.39 is 5.91 Å². The monoisotopic (exact) mass is 229 g/mol. The van der Waals surface area contributed by atoms with Gasteiger partial charge in [-0.2, -0.15) is 0 Å². The zero-order chi connectivity index (χ0) is 11.3. The lowest BCUT2D eigenvalue weighted by molar-refractivity contribution is -0.124. The molecular weight excluding hydrogens is 221 g/mol. The third-order valence-electron chi connectivity index (χ3n) is 1.63. The molecule has 3 nitrogen and oxygen atoms in total. The first kappa shape index (κ1) is 11.7. The fourth-order valence-electron chi connectivity index (χ4n) is 0.965. The number of anilines is 1. The van der Waals surface area contributed by atoms with Crippen LogP contribution < -0.4 is 5.32 Å². The Hall–Kier alpha value is -1.42. The van der Waals surface area contributed by atoms with E-state index in [4.69, 9.17) is 11.6 Å². The summed E-state index contributed by atoms with van der Waals surface area (Å²) in [5.74, 6) is -1.37. The molecule has 0 aliphatic rings. The summed E-state index contributed by atoms with van der Waals surface area (Å²) >= 11 is 5.24. The quantitative estimate of drug-likeness (QED) is 0.634. The Morgan fingerprint density at radius 1 is 1.27 bits per heavy atom. The van der Waals surface area contributed by atoms with Crippen molar-refractivity contribution in [3.05, 3.63) is 30.1 Å². The van der Waals surface area contributed by atoms with Crippen LogP contribution in [0.4, 0.5) is 10.1 Å². The Kier molecular flexibility index (Phi) is 4.24. The molecule has 1 aromatic carbocycles. The summed E-state index contributed by atoms with van der Waals surface area (Å²) in [4.78, 5) is 22.0. The minimum atomic E-state index is -0.452. The molecule has 1 aromatic rings. The summed E-state index contributed by atoms with van der Waals surface area (Å²) in [5.41, 5.74) is 0.448. The van der Waals surface area contributed by atoms with Crippen LogP contribution in [-0.4, -0.2) is 17.6 Å². The van der Waals surface area contributed by atoms with Crippen molar-refractivity contribution in [3.8, 4) is 0 Å². The summed E-state index contributed by atoms with van der Waals surface area (Å²) in [6.45, 7) is 0. The molecule has 15 heavy (non-hydrogen) atoms. The van der Waals surface area contributed by atoms with E-state index in [1.165, 1.54) is 24.3 Å². The Labute approximate surface area is 91.2 Å². The second-order valence-electron chi connectivity index (χ2n) is 2.90. The number of halogens is 2. The van der Waals surface area contributed by atoms with Crippen LogP contribution in [0.25, 0.3) is 0 Å². The average molecular weight is 230 g/mol. The number of ketones is 1. The molecule has 0 unspecified atom stereocenters. The van der Waals surface area contributed by atoms with E-state index in [0.29, 0.717) is 5.69 Å². The number of carbonyl (C=O) groups excluding carboxylic acids is 2. The fraction of sp³-hybridized carbons (Fsp3) is 0.200. The number of alkyl halides is 1. The van der Waals surface area contributed by atoms with Gasteiger partial charge in [0.05, 0.1) is 12.3 Å². The van der Waals surface area contributed by atoms with E-state index in [1.807, 2.05) is 0 Å². The minimum Gasteiger partial charge on any atom is -0.326 e. The van der Waals surface area contributed by atoms with Gasteiger partial charge in [0.2, 0.25) is 5.91 Å². The molecule has 0 aliphatic heterocycles. The Balaban J connectivity index is 2.51. The molecule has 0 saturated heterocycles. The molecule has 0 heterocycles. The van der Waals surface area contributed by atoms with Crippen molar-refractivity contribution in [3.63, 3.8) is 0 Å². The van der Waals surface area contributed by atoms with Gasteiger partial charge in [-0.05, 0) is 24.3 Å². The largest absolute Gasteiger partial charge is 0.326 e. The Morgan fingerprint density at radius 3 is 2.40 bits per heavy atom. The molecule has 0 spiro atoms. The molecule has 1 rings (SSSR count). The van der Waals surface area contributed by atoms with Gasteiger partial charge in [0.1, 0.15) is 5.82 Å². The van der Waals surface area contributed by atoms with Crippen LogP contribution in [0.3, 0.4) is 0 Å². The molecule has 0 fully saturated rings. The highest BCUT2D eigenvalue weighted by molar-refractivity contribution is 6.29. The average Bonchev–Trinajstić information content (AvgIpc) is 2.21. The predicted octanol–water partition coefficient (Wildman–Crippen LogP) is 1.96. The number of hydrogen-bond acceptors (Lipinski definition) is 2. The highest BCUT2D eigenvalue weighted by atomic mass is 35.5. The van der Waals surface area contributed by atoms with E-state index in [9.17, 15) is 14.0 Å². The van der Waals surface area contributed by atoms with E-state index >= 15 is 0 Å². The lowest BCUT2D eigenvalue weighted by atomic mass is 10.2. The van der Waals surface area contributed by atoms with Crippen molar-refractivity contribution < 1.29 is 14.0 Å². The Bertz CT molecular complexity index is 364. The van der Waals surface area contributed by atoms with Crippen LogP contribution in [0.15, 0.2) is 24.3 Å². The minimum absolute atomic E-state index is 0.184. The van der Waals surface area contributed by atoms with Crippen molar-refractivity contribution >= 4 is 29.0 Å². The number of benzene rings is 1. The second kappa shape index (κ2) is 5.46. The first-order valence-electron chi connectivity index (χ1n) is 4.25. The number of nitrogens with one attached hydrogen (secondary N) is 1. The number of rotatable bonds is 4. The molecule has 1 amide bonds. The standard InChI is InChI=1S/C10H9ClFNO2/c11-6-9(14)5-10(15)13-8-3-1-7(12)2-4-8/h1-4H,5-6H2,(H,13,15). The van der Waals surface area contributed by atoms with Gasteiger partial charge in [-0.25, -0.2) is 4.39 Å². The van der Waals surface area contributed by atoms with E-state index in [2.05, 4.69) is 5.32 Å². The van der Waals surface area contributed by atoms with Crippen molar-refractivity contribution in [2.75, 3.05) is 11.2 Å².